The van der Waals surface area contributed by atoms with Crippen LogP contribution >= 0.6 is 11.3 Å². The van der Waals surface area contributed by atoms with Crippen LogP contribution in [-0.2, 0) is 0 Å². The molecule has 1 N–H and O–H groups in total. The highest BCUT2D eigenvalue weighted by Crippen LogP contribution is 2.45. The van der Waals surface area contributed by atoms with Crippen molar-refractivity contribution in [1.29, 1.82) is 0 Å². The number of aromatic nitrogens is 1. The van der Waals surface area contributed by atoms with E-state index in [-0.39, 0.29) is 0 Å². The van der Waals surface area contributed by atoms with E-state index >= 15 is 0 Å². The van der Waals surface area contributed by atoms with E-state index in [0.717, 1.165) is 0 Å². The average Bonchev–Trinajstić information content (AvgIpc) is 3.59. The minimum Gasteiger partial charge on any atom is -0.354 e. The Morgan fingerprint density at radius 2 is 1.15 bits per heavy atom. The van der Waals surface area contributed by atoms with E-state index < -0.39 is 0 Å². The molecule has 0 spiro atoms. The second-order valence-electron chi connectivity index (χ2n) is 10.6. The fourth-order valence-corrected chi connectivity index (χ4v) is 7.94. The molecule has 0 amide bonds. The summed E-state index contributed by atoms with van der Waals surface area (Å²) in [6, 6.07) is 48.9. The molecule has 2 aromatic heterocycles. The standard InChI is InChI=1S/C38H23NS/c1-2-9-23(10-3-1)32-21-24-11-4-5-12-26(24)28-18-17-25(22-33(28)32)27-14-8-15-29-30-19-20-35-36(38(30)40-37(27)29)31-13-6-7-16-34(31)39-35/h1-22,39H. The number of nitrogens with one attached hydrogen (secondary N) is 1. The molecule has 0 atom stereocenters. The summed E-state index contributed by atoms with van der Waals surface area (Å²) in [5.74, 6) is 0. The lowest BCUT2D eigenvalue weighted by Gasteiger charge is -2.13. The van der Waals surface area contributed by atoms with E-state index in [4.69, 9.17) is 0 Å². The summed E-state index contributed by atoms with van der Waals surface area (Å²) in [6.07, 6.45) is 0. The number of thiophene rings is 1. The van der Waals surface area contributed by atoms with Gasteiger partial charge in [0.25, 0.3) is 0 Å². The highest BCUT2D eigenvalue weighted by atomic mass is 32.1. The number of benzene rings is 7. The molecule has 0 aliphatic carbocycles. The number of hydrogen-bond donors (Lipinski definition) is 1. The Hall–Kier alpha value is -4.92. The molecule has 2 heterocycles. The van der Waals surface area contributed by atoms with Crippen LogP contribution in [-0.4, -0.2) is 4.98 Å². The number of rotatable bonds is 2. The van der Waals surface area contributed by atoms with Gasteiger partial charge in [0.15, 0.2) is 0 Å². The summed E-state index contributed by atoms with van der Waals surface area (Å²) >= 11 is 1.92. The fourth-order valence-electron chi connectivity index (χ4n) is 6.54. The van der Waals surface area contributed by atoms with Gasteiger partial charge in [-0.1, -0.05) is 109 Å². The second kappa shape index (κ2) is 8.29. The van der Waals surface area contributed by atoms with Crippen molar-refractivity contribution in [3.63, 3.8) is 0 Å². The summed E-state index contributed by atoms with van der Waals surface area (Å²) in [6.45, 7) is 0. The van der Waals surface area contributed by atoms with Crippen LogP contribution < -0.4 is 0 Å². The van der Waals surface area contributed by atoms with Gasteiger partial charge in [-0.3, -0.25) is 0 Å². The third kappa shape index (κ3) is 3.08. The van der Waals surface area contributed by atoms with Crippen molar-refractivity contribution in [2.75, 3.05) is 0 Å². The number of H-pyrrole nitrogens is 1. The maximum atomic E-state index is 3.62. The third-order valence-corrected chi connectivity index (χ3v) is 9.66. The van der Waals surface area contributed by atoms with Crippen molar-refractivity contribution in [3.05, 3.63) is 133 Å². The first-order valence-electron chi connectivity index (χ1n) is 13.7. The molecular weight excluding hydrogens is 502 g/mol. The molecule has 7 aromatic carbocycles. The predicted molar refractivity (Wildman–Crippen MR) is 175 cm³/mol. The Labute approximate surface area is 234 Å². The SMILES string of the molecule is c1ccc(-c2cc3ccccc3c3ccc(-c4cccc5c4sc4c5ccc5[nH]c6ccccc6c54)cc23)cc1. The van der Waals surface area contributed by atoms with Gasteiger partial charge in [-0.15, -0.1) is 11.3 Å². The number of fused-ring (bicyclic) bond motifs is 10. The fraction of sp³-hybridized carbons (Fsp3) is 0. The molecule has 0 saturated carbocycles. The van der Waals surface area contributed by atoms with Gasteiger partial charge in [0.1, 0.15) is 0 Å². The first-order valence-corrected chi connectivity index (χ1v) is 14.5. The van der Waals surface area contributed by atoms with Gasteiger partial charge < -0.3 is 4.98 Å². The van der Waals surface area contributed by atoms with Crippen LogP contribution in [0.2, 0.25) is 0 Å². The highest BCUT2D eigenvalue weighted by molar-refractivity contribution is 7.27. The van der Waals surface area contributed by atoms with Crippen LogP contribution in [0.25, 0.3) is 85.8 Å². The van der Waals surface area contributed by atoms with E-state index in [1.807, 2.05) is 11.3 Å². The molecule has 40 heavy (non-hydrogen) atoms. The van der Waals surface area contributed by atoms with Gasteiger partial charge in [0.2, 0.25) is 0 Å². The van der Waals surface area contributed by atoms with Gasteiger partial charge in [-0.2, -0.15) is 0 Å². The number of para-hydroxylation sites is 1. The van der Waals surface area contributed by atoms with Gasteiger partial charge in [-0.05, 0) is 68.1 Å². The Morgan fingerprint density at radius 1 is 0.400 bits per heavy atom. The summed E-state index contributed by atoms with van der Waals surface area (Å²) in [5.41, 5.74) is 7.47. The van der Waals surface area contributed by atoms with Crippen molar-refractivity contribution in [2.45, 2.75) is 0 Å². The zero-order chi connectivity index (χ0) is 26.2. The molecule has 9 rings (SSSR count). The molecule has 0 fully saturated rings. The van der Waals surface area contributed by atoms with Crippen LogP contribution in [0.3, 0.4) is 0 Å². The van der Waals surface area contributed by atoms with Crippen molar-refractivity contribution in [1.82, 2.24) is 4.98 Å². The first kappa shape index (κ1) is 22.0. The zero-order valence-corrected chi connectivity index (χ0v) is 22.4. The lowest BCUT2D eigenvalue weighted by atomic mass is 9.91. The van der Waals surface area contributed by atoms with Crippen molar-refractivity contribution in [3.8, 4) is 22.3 Å². The average molecular weight is 526 g/mol. The molecule has 1 nitrogen and oxygen atoms in total. The molecule has 0 aliphatic heterocycles. The first-order chi connectivity index (χ1) is 19.8. The molecule has 0 aliphatic rings. The number of aromatic amines is 1. The van der Waals surface area contributed by atoms with Crippen molar-refractivity contribution < 1.29 is 0 Å². The van der Waals surface area contributed by atoms with E-state index in [2.05, 4.69) is 138 Å². The van der Waals surface area contributed by atoms with Crippen LogP contribution in [0.1, 0.15) is 0 Å². The minimum atomic E-state index is 1.19. The van der Waals surface area contributed by atoms with Crippen LogP contribution in [0.4, 0.5) is 0 Å². The molecule has 0 bridgehead atoms. The Kier molecular flexibility index (Phi) is 4.55. The molecular formula is C38H23NS. The Bertz CT molecular complexity index is 2420. The van der Waals surface area contributed by atoms with E-state index in [1.165, 1.54) is 85.8 Å². The lowest BCUT2D eigenvalue weighted by molar-refractivity contribution is 1.55. The molecule has 9 aromatic rings. The topological polar surface area (TPSA) is 15.8 Å². The monoisotopic (exact) mass is 525 g/mol. The second-order valence-corrected chi connectivity index (χ2v) is 11.6. The van der Waals surface area contributed by atoms with Crippen molar-refractivity contribution in [2.24, 2.45) is 0 Å². The van der Waals surface area contributed by atoms with Gasteiger partial charge in [0.05, 0.1) is 0 Å². The Morgan fingerprint density at radius 3 is 2.08 bits per heavy atom. The summed E-state index contributed by atoms with van der Waals surface area (Å²) in [7, 11) is 0. The lowest BCUT2D eigenvalue weighted by Crippen LogP contribution is -1.86. The van der Waals surface area contributed by atoms with E-state index in [1.54, 1.807) is 0 Å². The minimum absolute atomic E-state index is 1.19. The molecule has 0 radical (unpaired) electrons. The highest BCUT2D eigenvalue weighted by Gasteiger charge is 2.16. The molecule has 0 saturated heterocycles. The van der Waals surface area contributed by atoms with Crippen molar-refractivity contribution >= 4 is 74.9 Å². The normalized spacial score (nSPS) is 12.0. The molecule has 186 valence electrons. The summed E-state index contributed by atoms with van der Waals surface area (Å²) < 4.78 is 2.70. The van der Waals surface area contributed by atoms with Crippen LogP contribution in [0.5, 0.6) is 0 Å². The molecule has 2 heteroatoms. The third-order valence-electron chi connectivity index (χ3n) is 8.39. The summed E-state index contributed by atoms with van der Waals surface area (Å²) in [5, 5.41) is 10.4. The predicted octanol–water partition coefficient (Wildman–Crippen LogP) is 11.3. The largest absolute Gasteiger partial charge is 0.354 e. The maximum absolute atomic E-state index is 3.62. The quantitative estimate of drug-likeness (QED) is 0.216. The zero-order valence-electron chi connectivity index (χ0n) is 21.6. The van der Waals surface area contributed by atoms with Crippen LogP contribution in [0, 0.1) is 0 Å². The maximum Gasteiger partial charge on any atom is 0.0479 e. The van der Waals surface area contributed by atoms with Crippen LogP contribution in [0.15, 0.2) is 133 Å². The van der Waals surface area contributed by atoms with E-state index in [0.29, 0.717) is 0 Å². The Balaban J connectivity index is 1.35. The molecule has 0 unspecified atom stereocenters. The summed E-state index contributed by atoms with van der Waals surface area (Å²) in [4.78, 5) is 3.62. The van der Waals surface area contributed by atoms with Gasteiger partial charge >= 0.3 is 0 Å². The number of hydrogen-bond acceptors (Lipinski definition) is 1. The van der Waals surface area contributed by atoms with Gasteiger partial charge in [0, 0.05) is 42.0 Å². The van der Waals surface area contributed by atoms with E-state index in [9.17, 15) is 0 Å². The van der Waals surface area contributed by atoms with Gasteiger partial charge in [-0.25, -0.2) is 0 Å². The smallest absolute Gasteiger partial charge is 0.0479 e.